The summed E-state index contributed by atoms with van der Waals surface area (Å²) >= 11 is 3.35. The molecule has 0 atom stereocenters. The van der Waals surface area contributed by atoms with E-state index in [-0.39, 0.29) is 0 Å². The van der Waals surface area contributed by atoms with Crippen molar-refractivity contribution in [2.24, 2.45) is 0 Å². The maximum atomic E-state index is 8.74. The van der Waals surface area contributed by atoms with Gasteiger partial charge in [0.25, 0.3) is 0 Å². The normalized spacial score (nSPS) is 10.0. The molecule has 58 valence electrons. The Morgan fingerprint density at radius 2 is 2.42 bits per heavy atom. The zero-order valence-electron chi connectivity index (χ0n) is 6.03. The van der Waals surface area contributed by atoms with Crippen molar-refractivity contribution in [1.82, 2.24) is 9.38 Å². The van der Waals surface area contributed by atoms with Gasteiger partial charge in [0.05, 0.1) is 11.7 Å². The number of hydrogen-bond donors (Lipinski definition) is 0. The van der Waals surface area contributed by atoms with E-state index >= 15 is 0 Å². The second-order valence-corrected chi connectivity index (χ2v) is 3.18. The first-order valence-corrected chi connectivity index (χ1v) is 4.13. The van der Waals surface area contributed by atoms with Crippen LogP contribution >= 0.6 is 15.9 Å². The third-order valence-corrected chi connectivity index (χ3v) is 2.28. The lowest BCUT2D eigenvalue weighted by Crippen LogP contribution is -1.86. The predicted molar refractivity (Wildman–Crippen MR) is 47.6 cm³/mol. The maximum Gasteiger partial charge on any atom is 0.126 e. The molecule has 0 aliphatic rings. The van der Waals surface area contributed by atoms with Crippen LogP contribution in [0.25, 0.3) is 5.52 Å². The summed E-state index contributed by atoms with van der Waals surface area (Å²) in [5.74, 6) is 0. The summed E-state index contributed by atoms with van der Waals surface area (Å²) in [4.78, 5) is 3.96. The summed E-state index contributed by atoms with van der Waals surface area (Å²) in [7, 11) is 0. The van der Waals surface area contributed by atoms with Gasteiger partial charge in [-0.05, 0) is 22.0 Å². The Hall–Kier alpha value is -1.34. The molecule has 4 heteroatoms. The second kappa shape index (κ2) is 2.61. The van der Waals surface area contributed by atoms with Gasteiger partial charge in [0, 0.05) is 16.9 Å². The van der Waals surface area contributed by atoms with Crippen molar-refractivity contribution >= 4 is 21.4 Å². The minimum Gasteiger partial charge on any atom is -0.304 e. The molecule has 0 saturated heterocycles. The van der Waals surface area contributed by atoms with E-state index in [1.807, 2.05) is 0 Å². The van der Waals surface area contributed by atoms with Gasteiger partial charge >= 0.3 is 0 Å². The molecule has 0 radical (unpaired) electrons. The highest BCUT2D eigenvalue weighted by atomic mass is 79.9. The molecule has 2 rings (SSSR count). The fraction of sp³-hybridized carbons (Fsp3) is 0. The zero-order valence-corrected chi connectivity index (χ0v) is 7.62. The van der Waals surface area contributed by atoms with E-state index in [4.69, 9.17) is 5.26 Å². The van der Waals surface area contributed by atoms with Crippen LogP contribution in [0.3, 0.4) is 0 Å². The van der Waals surface area contributed by atoms with Gasteiger partial charge in [-0.15, -0.1) is 0 Å². The fourth-order valence-corrected chi connectivity index (χ4v) is 1.61. The third-order valence-electron chi connectivity index (χ3n) is 1.64. The van der Waals surface area contributed by atoms with E-state index in [0.29, 0.717) is 5.69 Å². The van der Waals surface area contributed by atoms with Crippen molar-refractivity contribution in [3.8, 4) is 6.07 Å². The highest BCUT2D eigenvalue weighted by Gasteiger charge is 2.04. The highest BCUT2D eigenvalue weighted by Crippen LogP contribution is 2.20. The van der Waals surface area contributed by atoms with Crippen LogP contribution in [0, 0.1) is 11.3 Å². The molecular formula is C8H4BrN3. The Morgan fingerprint density at radius 1 is 1.58 bits per heavy atom. The number of halogens is 1. The van der Waals surface area contributed by atoms with E-state index < -0.39 is 0 Å². The smallest absolute Gasteiger partial charge is 0.126 e. The average molecular weight is 222 g/mol. The van der Waals surface area contributed by atoms with E-state index in [9.17, 15) is 0 Å². The van der Waals surface area contributed by atoms with Crippen LogP contribution < -0.4 is 0 Å². The van der Waals surface area contributed by atoms with Gasteiger partial charge in [0.2, 0.25) is 0 Å². The summed E-state index contributed by atoms with van der Waals surface area (Å²) in [6.45, 7) is 0. The molecule has 0 amide bonds. The molecular weight excluding hydrogens is 218 g/mol. The number of hydrogen-bond acceptors (Lipinski definition) is 2. The van der Waals surface area contributed by atoms with Gasteiger partial charge in [-0.1, -0.05) is 0 Å². The van der Waals surface area contributed by atoms with Crippen molar-refractivity contribution in [3.05, 3.63) is 34.8 Å². The third kappa shape index (κ3) is 0.908. The average Bonchev–Trinajstić information content (AvgIpc) is 2.44. The zero-order chi connectivity index (χ0) is 8.55. The summed E-state index contributed by atoms with van der Waals surface area (Å²) in [5.41, 5.74) is 1.52. The summed E-state index contributed by atoms with van der Waals surface area (Å²) in [5, 5.41) is 8.74. The SMILES string of the molecule is N#Cc1cc(Br)c2cnccn12. The number of nitrogens with zero attached hydrogens (tertiary/aromatic N) is 3. The van der Waals surface area contributed by atoms with E-state index in [0.717, 1.165) is 9.99 Å². The molecule has 0 aromatic carbocycles. The molecule has 2 heterocycles. The first-order valence-electron chi connectivity index (χ1n) is 3.33. The van der Waals surface area contributed by atoms with Crippen molar-refractivity contribution in [2.75, 3.05) is 0 Å². The maximum absolute atomic E-state index is 8.74. The number of rotatable bonds is 0. The van der Waals surface area contributed by atoms with Gasteiger partial charge in [0.15, 0.2) is 0 Å². The molecule has 12 heavy (non-hydrogen) atoms. The minimum absolute atomic E-state index is 0.610. The minimum atomic E-state index is 0.610. The molecule has 3 nitrogen and oxygen atoms in total. The Morgan fingerprint density at radius 3 is 3.17 bits per heavy atom. The standard InChI is InChI=1S/C8H4BrN3/c9-7-3-6(4-10)12-2-1-11-5-8(7)12/h1-3,5H. The molecule has 0 unspecified atom stereocenters. The van der Waals surface area contributed by atoms with Crippen LogP contribution in [-0.4, -0.2) is 9.38 Å². The van der Waals surface area contributed by atoms with Crippen LogP contribution in [0.15, 0.2) is 29.1 Å². The van der Waals surface area contributed by atoms with Gasteiger partial charge < -0.3 is 4.40 Å². The van der Waals surface area contributed by atoms with Crippen molar-refractivity contribution in [2.45, 2.75) is 0 Å². The lowest BCUT2D eigenvalue weighted by Gasteiger charge is -1.92. The number of nitriles is 1. The summed E-state index contributed by atoms with van der Waals surface area (Å²) in [6.07, 6.45) is 5.13. The molecule has 0 aliphatic heterocycles. The molecule has 0 spiro atoms. The van der Waals surface area contributed by atoms with Crippen LogP contribution in [0.4, 0.5) is 0 Å². The fourth-order valence-electron chi connectivity index (χ4n) is 1.10. The van der Waals surface area contributed by atoms with E-state index in [2.05, 4.69) is 27.0 Å². The van der Waals surface area contributed by atoms with Gasteiger partial charge in [-0.25, -0.2) is 0 Å². The van der Waals surface area contributed by atoms with Crippen molar-refractivity contribution in [1.29, 1.82) is 5.26 Å². The quantitative estimate of drug-likeness (QED) is 0.683. The molecule has 0 N–H and O–H groups in total. The van der Waals surface area contributed by atoms with Gasteiger partial charge in [-0.3, -0.25) is 4.98 Å². The summed E-state index contributed by atoms with van der Waals surface area (Å²) in [6, 6.07) is 3.87. The Kier molecular flexibility index (Phi) is 1.59. The molecule has 2 aromatic heterocycles. The number of aromatic nitrogens is 2. The predicted octanol–water partition coefficient (Wildman–Crippen LogP) is 1.97. The van der Waals surface area contributed by atoms with Gasteiger partial charge in [-0.2, -0.15) is 5.26 Å². The van der Waals surface area contributed by atoms with Gasteiger partial charge in [0.1, 0.15) is 11.8 Å². The van der Waals surface area contributed by atoms with Crippen molar-refractivity contribution in [3.63, 3.8) is 0 Å². The largest absolute Gasteiger partial charge is 0.304 e. The molecule has 0 aliphatic carbocycles. The summed E-state index contributed by atoms with van der Waals surface area (Å²) < 4.78 is 2.68. The Labute approximate surface area is 77.4 Å². The van der Waals surface area contributed by atoms with Crippen LogP contribution in [0.2, 0.25) is 0 Å². The van der Waals surface area contributed by atoms with Crippen LogP contribution in [-0.2, 0) is 0 Å². The Balaban J connectivity index is 2.94. The monoisotopic (exact) mass is 221 g/mol. The van der Waals surface area contributed by atoms with Crippen LogP contribution in [0.1, 0.15) is 5.69 Å². The first-order chi connectivity index (χ1) is 5.83. The van der Waals surface area contributed by atoms with Crippen LogP contribution in [0.5, 0.6) is 0 Å². The van der Waals surface area contributed by atoms with E-state index in [1.165, 1.54) is 0 Å². The highest BCUT2D eigenvalue weighted by molar-refractivity contribution is 9.10. The van der Waals surface area contributed by atoms with Crippen molar-refractivity contribution < 1.29 is 0 Å². The lowest BCUT2D eigenvalue weighted by molar-refractivity contribution is 1.11. The molecule has 0 fully saturated rings. The van der Waals surface area contributed by atoms with E-state index in [1.54, 1.807) is 29.1 Å². The molecule has 2 aromatic rings. The number of fused-ring (bicyclic) bond motifs is 1. The molecule has 0 saturated carbocycles. The first kappa shape index (κ1) is 7.32. The second-order valence-electron chi connectivity index (χ2n) is 2.32. The lowest BCUT2D eigenvalue weighted by atomic mass is 10.5. The Bertz CT molecular complexity index is 467. The molecule has 0 bridgehead atoms. The topological polar surface area (TPSA) is 41.1 Å².